The van der Waals surface area contributed by atoms with Gasteiger partial charge in [0.1, 0.15) is 5.75 Å². The molecule has 21 heavy (non-hydrogen) atoms. The maximum atomic E-state index is 5.21. The van der Waals surface area contributed by atoms with Crippen LogP contribution in [0, 0.1) is 5.92 Å². The summed E-state index contributed by atoms with van der Waals surface area (Å²) in [5.41, 5.74) is 1.32. The Kier molecular flexibility index (Phi) is 6.52. The fourth-order valence-corrected chi connectivity index (χ4v) is 3.04. The average molecular weight is 290 g/mol. The Labute approximate surface area is 129 Å². The number of benzene rings is 1. The van der Waals surface area contributed by atoms with Crippen molar-refractivity contribution in [1.82, 2.24) is 10.2 Å². The van der Waals surface area contributed by atoms with E-state index in [1.54, 1.807) is 7.11 Å². The van der Waals surface area contributed by atoms with Crippen molar-refractivity contribution in [3.8, 4) is 5.75 Å². The van der Waals surface area contributed by atoms with Crippen molar-refractivity contribution in [2.45, 2.75) is 39.2 Å². The molecule has 2 atom stereocenters. The molecule has 1 N–H and O–H groups in total. The third-order valence-corrected chi connectivity index (χ3v) is 4.41. The minimum absolute atomic E-state index is 0.389. The number of piperidine rings is 1. The van der Waals surface area contributed by atoms with Crippen LogP contribution in [-0.2, 0) is 0 Å². The number of nitrogens with one attached hydrogen (secondary N) is 1. The first-order valence-corrected chi connectivity index (χ1v) is 8.28. The second-order valence-corrected chi connectivity index (χ2v) is 6.37. The van der Waals surface area contributed by atoms with Crippen LogP contribution in [0.1, 0.15) is 44.7 Å². The van der Waals surface area contributed by atoms with E-state index in [2.05, 4.69) is 36.2 Å². The summed E-state index contributed by atoms with van der Waals surface area (Å²) in [6.07, 6.45) is 4.17. The van der Waals surface area contributed by atoms with Crippen LogP contribution in [-0.4, -0.2) is 38.2 Å². The number of likely N-dealkylation sites (tertiary alicyclic amines) is 1. The predicted molar refractivity (Wildman–Crippen MR) is 88.9 cm³/mol. The molecule has 1 aromatic rings. The fraction of sp³-hybridized carbons (Fsp3) is 0.667. The van der Waals surface area contributed by atoms with Gasteiger partial charge in [-0.2, -0.15) is 0 Å². The van der Waals surface area contributed by atoms with Crippen LogP contribution >= 0.6 is 0 Å². The van der Waals surface area contributed by atoms with Gasteiger partial charge in [-0.3, -0.25) is 0 Å². The number of nitrogens with zero attached hydrogens (tertiary/aromatic N) is 1. The van der Waals surface area contributed by atoms with Gasteiger partial charge in [0.15, 0.2) is 0 Å². The molecule has 1 heterocycles. The molecule has 1 fully saturated rings. The summed E-state index contributed by atoms with van der Waals surface area (Å²) in [6.45, 7) is 9.46. The molecule has 0 radical (unpaired) electrons. The Morgan fingerprint density at radius 2 is 1.76 bits per heavy atom. The summed E-state index contributed by atoms with van der Waals surface area (Å²) in [4.78, 5) is 2.62. The minimum atomic E-state index is 0.389. The first-order valence-electron chi connectivity index (χ1n) is 8.28. The Bertz CT molecular complexity index is 398. The molecule has 0 spiro atoms. The van der Waals surface area contributed by atoms with E-state index in [1.807, 2.05) is 12.1 Å². The van der Waals surface area contributed by atoms with Gasteiger partial charge in [0, 0.05) is 12.6 Å². The van der Waals surface area contributed by atoms with E-state index in [1.165, 1.54) is 44.5 Å². The number of hydrogen-bond donors (Lipinski definition) is 1. The zero-order valence-electron chi connectivity index (χ0n) is 13.8. The molecular weight excluding hydrogens is 260 g/mol. The maximum absolute atomic E-state index is 5.21. The fourth-order valence-electron chi connectivity index (χ4n) is 3.04. The van der Waals surface area contributed by atoms with Gasteiger partial charge in [-0.1, -0.05) is 25.5 Å². The number of rotatable bonds is 7. The van der Waals surface area contributed by atoms with Gasteiger partial charge < -0.3 is 15.0 Å². The first kappa shape index (κ1) is 16.3. The molecule has 2 rings (SSSR count). The second kappa shape index (κ2) is 8.40. The SMILES string of the molecule is COc1ccc(C(C)NCC(C)CN2CCCCC2)cc1. The number of methoxy groups -OCH3 is 1. The van der Waals surface area contributed by atoms with Crippen LogP contribution in [0.25, 0.3) is 0 Å². The lowest BCUT2D eigenvalue weighted by Gasteiger charge is -2.29. The quantitative estimate of drug-likeness (QED) is 0.832. The molecule has 1 saturated heterocycles. The molecule has 0 bridgehead atoms. The highest BCUT2D eigenvalue weighted by molar-refractivity contribution is 5.28. The summed E-state index contributed by atoms with van der Waals surface area (Å²) in [7, 11) is 1.71. The molecule has 2 unspecified atom stereocenters. The lowest BCUT2D eigenvalue weighted by molar-refractivity contribution is 0.197. The molecule has 0 saturated carbocycles. The van der Waals surface area contributed by atoms with Gasteiger partial charge >= 0.3 is 0 Å². The third kappa shape index (κ3) is 5.33. The van der Waals surface area contributed by atoms with E-state index in [9.17, 15) is 0 Å². The zero-order chi connectivity index (χ0) is 15.1. The van der Waals surface area contributed by atoms with E-state index in [0.717, 1.165) is 12.3 Å². The van der Waals surface area contributed by atoms with Gasteiger partial charge in [0.25, 0.3) is 0 Å². The van der Waals surface area contributed by atoms with Crippen molar-refractivity contribution >= 4 is 0 Å². The van der Waals surface area contributed by atoms with Crippen molar-refractivity contribution in [3.63, 3.8) is 0 Å². The Morgan fingerprint density at radius 3 is 2.38 bits per heavy atom. The summed E-state index contributed by atoms with van der Waals surface area (Å²) >= 11 is 0. The van der Waals surface area contributed by atoms with Crippen molar-refractivity contribution in [1.29, 1.82) is 0 Å². The summed E-state index contributed by atoms with van der Waals surface area (Å²) in [5, 5.41) is 3.66. The molecule has 3 heteroatoms. The van der Waals surface area contributed by atoms with Crippen molar-refractivity contribution in [3.05, 3.63) is 29.8 Å². The van der Waals surface area contributed by atoms with Crippen LogP contribution in [0.15, 0.2) is 24.3 Å². The molecule has 1 aliphatic heterocycles. The van der Waals surface area contributed by atoms with E-state index < -0.39 is 0 Å². The van der Waals surface area contributed by atoms with Crippen molar-refractivity contribution in [2.75, 3.05) is 33.3 Å². The molecule has 0 aliphatic carbocycles. The molecule has 3 nitrogen and oxygen atoms in total. The summed E-state index contributed by atoms with van der Waals surface area (Å²) < 4.78 is 5.21. The van der Waals surface area contributed by atoms with Gasteiger partial charge in [-0.05, 0) is 63.0 Å². The highest BCUT2D eigenvalue weighted by Gasteiger charge is 2.14. The first-order chi connectivity index (χ1) is 10.2. The van der Waals surface area contributed by atoms with E-state index >= 15 is 0 Å². The van der Waals surface area contributed by atoms with E-state index in [0.29, 0.717) is 12.0 Å². The van der Waals surface area contributed by atoms with Crippen LogP contribution in [0.4, 0.5) is 0 Å². The van der Waals surface area contributed by atoms with E-state index in [4.69, 9.17) is 4.74 Å². The predicted octanol–water partition coefficient (Wildman–Crippen LogP) is 3.47. The van der Waals surface area contributed by atoms with Crippen LogP contribution in [0.2, 0.25) is 0 Å². The van der Waals surface area contributed by atoms with Gasteiger partial charge in [-0.25, -0.2) is 0 Å². The van der Waals surface area contributed by atoms with E-state index in [-0.39, 0.29) is 0 Å². The highest BCUT2D eigenvalue weighted by Crippen LogP contribution is 2.17. The molecular formula is C18H30N2O. The Balaban J connectivity index is 1.72. The van der Waals surface area contributed by atoms with Crippen LogP contribution < -0.4 is 10.1 Å². The Morgan fingerprint density at radius 1 is 1.10 bits per heavy atom. The monoisotopic (exact) mass is 290 g/mol. The molecule has 0 amide bonds. The zero-order valence-corrected chi connectivity index (χ0v) is 13.8. The number of hydrogen-bond acceptors (Lipinski definition) is 3. The van der Waals surface area contributed by atoms with Crippen molar-refractivity contribution in [2.24, 2.45) is 5.92 Å². The smallest absolute Gasteiger partial charge is 0.118 e. The number of ether oxygens (including phenoxy) is 1. The normalized spacial score (nSPS) is 19.2. The summed E-state index contributed by atoms with van der Waals surface area (Å²) in [5.74, 6) is 1.62. The van der Waals surface area contributed by atoms with Crippen LogP contribution in [0.5, 0.6) is 5.75 Å². The van der Waals surface area contributed by atoms with Gasteiger partial charge in [0.2, 0.25) is 0 Å². The lowest BCUT2D eigenvalue weighted by Crippen LogP contribution is -2.37. The second-order valence-electron chi connectivity index (χ2n) is 6.37. The molecule has 118 valence electrons. The van der Waals surface area contributed by atoms with Gasteiger partial charge in [0.05, 0.1) is 7.11 Å². The topological polar surface area (TPSA) is 24.5 Å². The average Bonchev–Trinajstić information content (AvgIpc) is 2.53. The standard InChI is InChI=1S/C18H30N2O/c1-15(14-20-11-5-4-6-12-20)13-19-16(2)17-7-9-18(21-3)10-8-17/h7-10,15-16,19H,4-6,11-14H2,1-3H3. The maximum Gasteiger partial charge on any atom is 0.118 e. The molecule has 1 aromatic carbocycles. The van der Waals surface area contributed by atoms with Gasteiger partial charge in [-0.15, -0.1) is 0 Å². The molecule has 1 aliphatic rings. The van der Waals surface area contributed by atoms with Crippen LogP contribution in [0.3, 0.4) is 0 Å². The largest absolute Gasteiger partial charge is 0.497 e. The lowest BCUT2D eigenvalue weighted by atomic mass is 10.1. The molecule has 0 aromatic heterocycles. The highest BCUT2D eigenvalue weighted by atomic mass is 16.5. The third-order valence-electron chi connectivity index (χ3n) is 4.41. The Hall–Kier alpha value is -1.06. The van der Waals surface area contributed by atoms with Crippen molar-refractivity contribution < 1.29 is 4.74 Å². The minimum Gasteiger partial charge on any atom is -0.497 e. The summed E-state index contributed by atoms with van der Waals surface area (Å²) in [6, 6.07) is 8.74.